The van der Waals surface area contributed by atoms with Crippen molar-refractivity contribution in [2.75, 3.05) is 59.0 Å². The van der Waals surface area contributed by atoms with Crippen LogP contribution in [0.25, 0.3) is 0 Å². The van der Waals surface area contributed by atoms with E-state index in [1.807, 2.05) is 0 Å². The third-order valence-electron chi connectivity index (χ3n) is 2.96. The fraction of sp³-hybridized carbons (Fsp3) is 1.00. The lowest BCUT2D eigenvalue weighted by Crippen LogP contribution is -2.41. The smallest absolute Gasteiger partial charge is 0.0594 e. The highest BCUT2D eigenvalue weighted by Crippen LogP contribution is 1.98. The molecule has 90 valence electrons. The summed E-state index contributed by atoms with van der Waals surface area (Å²) in [6.45, 7) is 11.6. The molecular weight excluding hydrogens is 190 g/mol. The number of morpholine rings is 1. The summed E-state index contributed by atoms with van der Waals surface area (Å²) in [6.07, 6.45) is 1.11. The fourth-order valence-corrected chi connectivity index (χ4v) is 1.85. The lowest BCUT2D eigenvalue weighted by atomic mass is 10.3. The van der Waals surface area contributed by atoms with Crippen LogP contribution in [0, 0.1) is 0 Å². The van der Waals surface area contributed by atoms with Gasteiger partial charge in [-0.05, 0) is 26.1 Å². The van der Waals surface area contributed by atoms with Crippen molar-refractivity contribution in [1.29, 1.82) is 0 Å². The van der Waals surface area contributed by atoms with Crippen LogP contribution in [0.3, 0.4) is 0 Å². The molecule has 1 aliphatic heterocycles. The number of likely N-dealkylation sites (N-methyl/N-ethyl adjacent to an activating group) is 1. The van der Waals surface area contributed by atoms with Gasteiger partial charge in [-0.25, -0.2) is 0 Å². The number of hydrogen-bond donors (Lipinski definition) is 1. The Labute approximate surface area is 93.4 Å². The first-order chi connectivity index (χ1) is 7.36. The highest BCUT2D eigenvalue weighted by molar-refractivity contribution is 4.65. The molecule has 0 aromatic carbocycles. The lowest BCUT2D eigenvalue weighted by molar-refractivity contribution is 0.0336. The first-order valence-electron chi connectivity index (χ1n) is 6.09. The third-order valence-corrected chi connectivity index (χ3v) is 2.96. The van der Waals surface area contributed by atoms with E-state index in [1.54, 1.807) is 0 Å². The van der Waals surface area contributed by atoms with Gasteiger partial charge in [0.05, 0.1) is 13.2 Å². The summed E-state index contributed by atoms with van der Waals surface area (Å²) in [5.74, 6) is 0. The minimum atomic E-state index is 0.800. The second-order valence-corrected chi connectivity index (χ2v) is 4.03. The maximum Gasteiger partial charge on any atom is 0.0594 e. The van der Waals surface area contributed by atoms with Crippen molar-refractivity contribution in [3.05, 3.63) is 0 Å². The van der Waals surface area contributed by atoms with Gasteiger partial charge < -0.3 is 15.4 Å². The van der Waals surface area contributed by atoms with Crippen molar-refractivity contribution in [3.8, 4) is 0 Å². The highest BCUT2D eigenvalue weighted by atomic mass is 16.5. The SMILES string of the molecule is CCN(CCCN)CCN1CCOCC1. The molecule has 0 unspecified atom stereocenters. The Hall–Kier alpha value is -0.160. The van der Waals surface area contributed by atoms with E-state index in [1.165, 1.54) is 6.54 Å². The largest absolute Gasteiger partial charge is 0.379 e. The van der Waals surface area contributed by atoms with Gasteiger partial charge in [0.15, 0.2) is 0 Å². The van der Waals surface area contributed by atoms with Crippen molar-refractivity contribution in [1.82, 2.24) is 9.80 Å². The number of rotatable bonds is 7. The molecule has 1 heterocycles. The minimum Gasteiger partial charge on any atom is -0.379 e. The molecule has 0 atom stereocenters. The normalized spacial score (nSPS) is 18.6. The van der Waals surface area contributed by atoms with Gasteiger partial charge in [-0.2, -0.15) is 0 Å². The predicted octanol–water partition coefficient (Wildman–Crippen LogP) is -0.0107. The number of nitrogens with two attached hydrogens (primary N) is 1. The molecule has 0 spiro atoms. The van der Waals surface area contributed by atoms with Crippen molar-refractivity contribution < 1.29 is 4.74 Å². The van der Waals surface area contributed by atoms with Crippen LogP contribution in [0.5, 0.6) is 0 Å². The van der Waals surface area contributed by atoms with E-state index < -0.39 is 0 Å². The predicted molar refractivity (Wildman–Crippen MR) is 63.0 cm³/mol. The quantitative estimate of drug-likeness (QED) is 0.648. The molecule has 0 aromatic heterocycles. The minimum absolute atomic E-state index is 0.800. The average molecular weight is 215 g/mol. The Balaban J connectivity index is 2.09. The van der Waals surface area contributed by atoms with E-state index in [0.29, 0.717) is 0 Å². The molecule has 4 heteroatoms. The zero-order valence-electron chi connectivity index (χ0n) is 9.95. The van der Waals surface area contributed by atoms with Crippen molar-refractivity contribution in [2.45, 2.75) is 13.3 Å². The van der Waals surface area contributed by atoms with Crippen LogP contribution in [-0.4, -0.2) is 68.8 Å². The maximum atomic E-state index is 5.52. The molecule has 2 N–H and O–H groups in total. The number of nitrogens with zero attached hydrogens (tertiary/aromatic N) is 2. The number of hydrogen-bond acceptors (Lipinski definition) is 4. The van der Waals surface area contributed by atoms with Gasteiger partial charge in [0, 0.05) is 26.2 Å². The Morgan fingerprint density at radius 2 is 2.00 bits per heavy atom. The third kappa shape index (κ3) is 5.47. The Morgan fingerprint density at radius 1 is 1.27 bits per heavy atom. The summed E-state index contributed by atoms with van der Waals surface area (Å²) in [6, 6.07) is 0. The Bertz CT molecular complexity index is 149. The molecule has 1 rings (SSSR count). The molecule has 0 aromatic rings. The summed E-state index contributed by atoms with van der Waals surface area (Å²) in [5.41, 5.74) is 5.52. The molecule has 0 bridgehead atoms. The van der Waals surface area contributed by atoms with Crippen molar-refractivity contribution in [3.63, 3.8) is 0 Å². The van der Waals surface area contributed by atoms with Crippen LogP contribution in [0.15, 0.2) is 0 Å². The van der Waals surface area contributed by atoms with Crippen molar-refractivity contribution >= 4 is 0 Å². The molecule has 1 saturated heterocycles. The van der Waals surface area contributed by atoms with Gasteiger partial charge in [-0.1, -0.05) is 6.92 Å². The molecule has 1 aliphatic rings. The lowest BCUT2D eigenvalue weighted by Gasteiger charge is -2.29. The van der Waals surface area contributed by atoms with E-state index in [2.05, 4.69) is 16.7 Å². The number of ether oxygens (including phenoxy) is 1. The van der Waals surface area contributed by atoms with Crippen LogP contribution in [0.2, 0.25) is 0 Å². The Kier molecular flexibility index (Phi) is 6.92. The summed E-state index contributed by atoms with van der Waals surface area (Å²) in [5, 5.41) is 0. The van der Waals surface area contributed by atoms with Gasteiger partial charge >= 0.3 is 0 Å². The fourth-order valence-electron chi connectivity index (χ4n) is 1.85. The first-order valence-corrected chi connectivity index (χ1v) is 6.09. The van der Waals surface area contributed by atoms with Crippen LogP contribution in [-0.2, 0) is 4.74 Å². The molecule has 15 heavy (non-hydrogen) atoms. The zero-order chi connectivity index (χ0) is 10.9. The van der Waals surface area contributed by atoms with Gasteiger partial charge in [0.2, 0.25) is 0 Å². The van der Waals surface area contributed by atoms with E-state index in [9.17, 15) is 0 Å². The first kappa shape index (κ1) is 12.9. The van der Waals surface area contributed by atoms with E-state index >= 15 is 0 Å². The topological polar surface area (TPSA) is 41.7 Å². The summed E-state index contributed by atoms with van der Waals surface area (Å²) in [7, 11) is 0. The molecule has 0 amide bonds. The highest BCUT2D eigenvalue weighted by Gasteiger charge is 2.11. The second kappa shape index (κ2) is 8.05. The van der Waals surface area contributed by atoms with Gasteiger partial charge in [-0.3, -0.25) is 4.90 Å². The van der Waals surface area contributed by atoms with E-state index in [0.717, 1.165) is 58.9 Å². The van der Waals surface area contributed by atoms with E-state index in [4.69, 9.17) is 10.5 Å². The summed E-state index contributed by atoms with van der Waals surface area (Å²) in [4.78, 5) is 4.96. The van der Waals surface area contributed by atoms with Gasteiger partial charge in [0.1, 0.15) is 0 Å². The van der Waals surface area contributed by atoms with Crippen LogP contribution in [0.4, 0.5) is 0 Å². The molecule has 4 nitrogen and oxygen atoms in total. The van der Waals surface area contributed by atoms with Crippen molar-refractivity contribution in [2.24, 2.45) is 5.73 Å². The Morgan fingerprint density at radius 3 is 2.60 bits per heavy atom. The van der Waals surface area contributed by atoms with Crippen LogP contribution >= 0.6 is 0 Å². The standard InChI is InChI=1S/C11H25N3O/c1-2-13(5-3-4-12)6-7-14-8-10-15-11-9-14/h2-12H2,1H3. The van der Waals surface area contributed by atoms with Crippen LogP contribution < -0.4 is 5.73 Å². The van der Waals surface area contributed by atoms with E-state index in [-0.39, 0.29) is 0 Å². The van der Waals surface area contributed by atoms with Gasteiger partial charge in [-0.15, -0.1) is 0 Å². The monoisotopic (exact) mass is 215 g/mol. The molecule has 0 aliphatic carbocycles. The zero-order valence-corrected chi connectivity index (χ0v) is 9.95. The summed E-state index contributed by atoms with van der Waals surface area (Å²) < 4.78 is 5.33. The van der Waals surface area contributed by atoms with Gasteiger partial charge in [0.25, 0.3) is 0 Å². The average Bonchev–Trinajstić information content (AvgIpc) is 2.31. The molecule has 0 saturated carbocycles. The molecule has 1 fully saturated rings. The molecular formula is C11H25N3O. The maximum absolute atomic E-state index is 5.52. The van der Waals surface area contributed by atoms with Crippen LogP contribution in [0.1, 0.15) is 13.3 Å². The summed E-state index contributed by atoms with van der Waals surface area (Å²) >= 11 is 0. The molecule has 0 radical (unpaired) electrons. The second-order valence-electron chi connectivity index (χ2n) is 4.03.